The largest absolute Gasteiger partial charge is 0.459 e. The molecule has 0 N–H and O–H groups in total. The average Bonchev–Trinajstić information content (AvgIpc) is 3.06. The van der Waals surface area contributed by atoms with Gasteiger partial charge < -0.3 is 4.74 Å². The number of sulfonamides is 1. The van der Waals surface area contributed by atoms with Crippen LogP contribution in [0.15, 0.2) is 41.6 Å². The van der Waals surface area contributed by atoms with E-state index in [1.165, 1.54) is 16.7 Å². The van der Waals surface area contributed by atoms with Crippen LogP contribution in [0.3, 0.4) is 0 Å². The average molecular weight is 368 g/mol. The van der Waals surface area contributed by atoms with Crippen molar-refractivity contribution in [2.75, 3.05) is 13.1 Å². The van der Waals surface area contributed by atoms with E-state index in [2.05, 4.69) is 9.97 Å². The maximum atomic E-state index is 12.7. The molecule has 1 fully saturated rings. The van der Waals surface area contributed by atoms with Gasteiger partial charge in [-0.1, -0.05) is 30.7 Å². The number of ether oxygens (including phenoxy) is 1. The van der Waals surface area contributed by atoms with Crippen molar-refractivity contribution in [3.05, 3.63) is 47.2 Å². The van der Waals surface area contributed by atoms with Gasteiger partial charge in [-0.3, -0.25) is 0 Å². The highest BCUT2D eigenvalue weighted by atomic mass is 35.5. The van der Waals surface area contributed by atoms with Crippen LogP contribution in [-0.2, 0) is 16.4 Å². The molecule has 0 aliphatic carbocycles. The Hall–Kier alpha value is -1.70. The summed E-state index contributed by atoms with van der Waals surface area (Å²) in [6.45, 7) is 2.73. The first-order valence-corrected chi connectivity index (χ1v) is 9.54. The first-order chi connectivity index (χ1) is 11.5. The second-order valence-corrected chi connectivity index (χ2v) is 7.95. The number of hydrogen-bond donors (Lipinski definition) is 0. The predicted octanol–water partition coefficient (Wildman–Crippen LogP) is 2.53. The molecule has 1 atom stereocenters. The number of rotatable bonds is 5. The van der Waals surface area contributed by atoms with Gasteiger partial charge in [0, 0.05) is 6.54 Å². The van der Waals surface area contributed by atoms with Gasteiger partial charge in [0.1, 0.15) is 6.10 Å². The topological polar surface area (TPSA) is 72.4 Å². The van der Waals surface area contributed by atoms with Crippen LogP contribution in [-0.4, -0.2) is 41.9 Å². The number of hydrogen-bond acceptors (Lipinski definition) is 5. The number of nitrogens with zero attached hydrogens (tertiary/aromatic N) is 3. The molecule has 2 heterocycles. The normalized spacial score (nSPS) is 18.7. The monoisotopic (exact) mass is 367 g/mol. The minimum atomic E-state index is -3.50. The molecule has 1 aromatic carbocycles. The van der Waals surface area contributed by atoms with E-state index in [-0.39, 0.29) is 18.7 Å². The van der Waals surface area contributed by atoms with Crippen molar-refractivity contribution in [1.29, 1.82) is 0 Å². The zero-order chi connectivity index (χ0) is 17.2. The van der Waals surface area contributed by atoms with Gasteiger partial charge >= 0.3 is 6.01 Å². The third kappa shape index (κ3) is 3.68. The predicted molar refractivity (Wildman–Crippen MR) is 90.7 cm³/mol. The molecule has 0 bridgehead atoms. The van der Waals surface area contributed by atoms with E-state index in [4.69, 9.17) is 16.3 Å². The number of halogens is 1. The Bertz CT molecular complexity index is 794. The minimum Gasteiger partial charge on any atom is -0.459 e. The van der Waals surface area contributed by atoms with E-state index in [1.807, 2.05) is 19.1 Å². The fourth-order valence-electron chi connectivity index (χ4n) is 2.57. The van der Waals surface area contributed by atoms with E-state index in [1.54, 1.807) is 12.1 Å². The van der Waals surface area contributed by atoms with Crippen LogP contribution in [0.2, 0.25) is 5.02 Å². The van der Waals surface area contributed by atoms with E-state index in [0.29, 0.717) is 22.9 Å². The van der Waals surface area contributed by atoms with Gasteiger partial charge in [0.05, 0.1) is 28.9 Å². The summed E-state index contributed by atoms with van der Waals surface area (Å²) in [5, 5.41) is 0.425. The molecule has 0 amide bonds. The van der Waals surface area contributed by atoms with Gasteiger partial charge in [0.15, 0.2) is 0 Å². The van der Waals surface area contributed by atoms with Gasteiger partial charge in [0.2, 0.25) is 10.0 Å². The molecule has 0 unspecified atom stereocenters. The first-order valence-electron chi connectivity index (χ1n) is 7.72. The highest BCUT2D eigenvalue weighted by Crippen LogP contribution is 2.23. The zero-order valence-electron chi connectivity index (χ0n) is 13.2. The van der Waals surface area contributed by atoms with Crippen LogP contribution in [0.1, 0.15) is 18.9 Å². The molecule has 0 radical (unpaired) electrons. The summed E-state index contributed by atoms with van der Waals surface area (Å²) < 4.78 is 32.5. The zero-order valence-corrected chi connectivity index (χ0v) is 14.8. The molecule has 0 saturated carbocycles. The third-order valence-electron chi connectivity index (χ3n) is 3.95. The number of aromatic nitrogens is 2. The molecule has 1 aromatic heterocycles. The maximum absolute atomic E-state index is 12.7. The summed E-state index contributed by atoms with van der Waals surface area (Å²) in [4.78, 5) is 8.25. The van der Waals surface area contributed by atoms with Gasteiger partial charge in [-0.15, -0.1) is 0 Å². The molecule has 8 heteroatoms. The highest BCUT2D eigenvalue weighted by Gasteiger charge is 2.34. The molecule has 1 aliphatic heterocycles. The second kappa shape index (κ2) is 7.04. The van der Waals surface area contributed by atoms with E-state index in [9.17, 15) is 8.42 Å². The Balaban J connectivity index is 1.68. The first kappa shape index (κ1) is 17.1. The Morgan fingerprint density at radius 3 is 2.54 bits per heavy atom. The Morgan fingerprint density at radius 2 is 1.92 bits per heavy atom. The lowest BCUT2D eigenvalue weighted by Crippen LogP contribution is -2.31. The fourth-order valence-corrected chi connectivity index (χ4v) is 4.15. The molecular formula is C16H18ClN3O3S. The van der Waals surface area contributed by atoms with Crippen molar-refractivity contribution in [1.82, 2.24) is 14.3 Å². The molecule has 6 nitrogen and oxygen atoms in total. The summed E-state index contributed by atoms with van der Waals surface area (Å²) >= 11 is 5.73. The number of benzene rings is 1. The SMILES string of the molecule is CCc1ccc(S(=O)(=O)N2CC[C@@H](Oc3ncc(Cl)cn3)C2)cc1. The Morgan fingerprint density at radius 1 is 1.25 bits per heavy atom. The summed E-state index contributed by atoms with van der Waals surface area (Å²) in [6.07, 6.45) is 4.10. The highest BCUT2D eigenvalue weighted by molar-refractivity contribution is 7.89. The molecule has 1 saturated heterocycles. The molecule has 0 spiro atoms. The molecular weight excluding hydrogens is 350 g/mol. The maximum Gasteiger partial charge on any atom is 0.316 e. The molecule has 2 aromatic rings. The van der Waals surface area contributed by atoms with E-state index in [0.717, 1.165) is 12.0 Å². The van der Waals surface area contributed by atoms with Crippen LogP contribution in [0.4, 0.5) is 0 Å². The van der Waals surface area contributed by atoms with Crippen LogP contribution >= 0.6 is 11.6 Å². The summed E-state index contributed by atoms with van der Waals surface area (Å²) in [5.74, 6) is 0. The standard InChI is InChI=1S/C16H18ClN3O3S/c1-2-12-3-5-15(6-4-12)24(21,22)20-8-7-14(11-20)23-16-18-9-13(17)10-19-16/h3-6,9-10,14H,2,7-8,11H2,1H3/t14-/m1/s1. The minimum absolute atomic E-state index is 0.205. The molecule has 128 valence electrons. The van der Waals surface area contributed by atoms with Crippen molar-refractivity contribution in [2.45, 2.75) is 30.8 Å². The Kier molecular flexibility index (Phi) is 5.03. The van der Waals surface area contributed by atoms with E-state index >= 15 is 0 Å². The smallest absolute Gasteiger partial charge is 0.316 e. The van der Waals surface area contributed by atoms with Crippen molar-refractivity contribution < 1.29 is 13.2 Å². The lowest BCUT2D eigenvalue weighted by atomic mass is 10.2. The van der Waals surface area contributed by atoms with Crippen LogP contribution in [0, 0.1) is 0 Å². The molecule has 3 rings (SSSR count). The van der Waals surface area contributed by atoms with Crippen molar-refractivity contribution in [2.24, 2.45) is 0 Å². The Labute approximate surface area is 146 Å². The lowest BCUT2D eigenvalue weighted by Gasteiger charge is -2.17. The lowest BCUT2D eigenvalue weighted by molar-refractivity contribution is 0.197. The van der Waals surface area contributed by atoms with Crippen LogP contribution in [0.5, 0.6) is 6.01 Å². The number of aryl methyl sites for hydroxylation is 1. The quantitative estimate of drug-likeness (QED) is 0.812. The van der Waals surface area contributed by atoms with Crippen LogP contribution in [0.25, 0.3) is 0 Å². The van der Waals surface area contributed by atoms with E-state index < -0.39 is 10.0 Å². The molecule has 24 heavy (non-hydrogen) atoms. The van der Waals surface area contributed by atoms with Crippen molar-refractivity contribution in [3.63, 3.8) is 0 Å². The summed E-state index contributed by atoms with van der Waals surface area (Å²) in [5.41, 5.74) is 1.11. The van der Waals surface area contributed by atoms with Gasteiger partial charge in [-0.2, -0.15) is 4.31 Å². The van der Waals surface area contributed by atoms with Gasteiger partial charge in [0.25, 0.3) is 0 Å². The fraction of sp³-hybridized carbons (Fsp3) is 0.375. The second-order valence-electron chi connectivity index (χ2n) is 5.57. The van der Waals surface area contributed by atoms with Crippen molar-refractivity contribution in [3.8, 4) is 6.01 Å². The summed E-state index contributed by atoms with van der Waals surface area (Å²) in [6, 6.07) is 7.21. The molecule has 1 aliphatic rings. The van der Waals surface area contributed by atoms with Gasteiger partial charge in [-0.25, -0.2) is 18.4 Å². The third-order valence-corrected chi connectivity index (χ3v) is 6.02. The van der Waals surface area contributed by atoms with Gasteiger partial charge in [-0.05, 0) is 30.5 Å². The summed E-state index contributed by atoms with van der Waals surface area (Å²) in [7, 11) is -3.50. The van der Waals surface area contributed by atoms with Crippen LogP contribution < -0.4 is 4.74 Å². The van der Waals surface area contributed by atoms with Crippen molar-refractivity contribution >= 4 is 21.6 Å².